The van der Waals surface area contributed by atoms with Crippen LogP contribution in [0.2, 0.25) is 0 Å². The fraction of sp³-hybridized carbons (Fsp3) is 1.00. The van der Waals surface area contributed by atoms with Crippen molar-refractivity contribution >= 4 is 0 Å². The first kappa shape index (κ1) is 8.52. The van der Waals surface area contributed by atoms with Crippen molar-refractivity contribution in [2.24, 2.45) is 11.8 Å². The Hall–Kier alpha value is -0.0800. The zero-order chi connectivity index (χ0) is 8.39. The zero-order valence-corrected chi connectivity index (χ0v) is 7.63. The van der Waals surface area contributed by atoms with Gasteiger partial charge in [-0.1, -0.05) is 0 Å². The maximum absolute atomic E-state index is 9.35. The van der Waals surface area contributed by atoms with Crippen LogP contribution < -0.4 is 5.32 Å². The highest BCUT2D eigenvalue weighted by Gasteiger charge is 2.28. The number of nitrogens with one attached hydrogen (secondary N) is 1. The lowest BCUT2D eigenvalue weighted by Crippen LogP contribution is -2.25. The minimum absolute atomic E-state index is 0.00983. The smallest absolute Gasteiger partial charge is 0.0540 e. The van der Waals surface area contributed by atoms with E-state index in [0.29, 0.717) is 0 Å². The average Bonchev–Trinajstić information content (AvgIpc) is 2.58. The monoisotopic (exact) mass is 169 g/mol. The van der Waals surface area contributed by atoms with Crippen LogP contribution in [-0.4, -0.2) is 24.3 Å². The summed E-state index contributed by atoms with van der Waals surface area (Å²) < 4.78 is 0. The highest BCUT2D eigenvalue weighted by molar-refractivity contribution is 4.82. The molecule has 0 aromatic heterocycles. The largest absolute Gasteiger partial charge is 0.393 e. The summed E-state index contributed by atoms with van der Waals surface area (Å²) >= 11 is 0. The molecule has 2 N–H and O–H groups in total. The average molecular weight is 169 g/mol. The SMILES string of the molecule is OC1CCC(C2CCNC2)CC1. The van der Waals surface area contributed by atoms with Gasteiger partial charge in [0.15, 0.2) is 0 Å². The van der Waals surface area contributed by atoms with E-state index in [1.165, 1.54) is 32.4 Å². The van der Waals surface area contributed by atoms with Crippen LogP contribution in [-0.2, 0) is 0 Å². The van der Waals surface area contributed by atoms with Gasteiger partial charge in [0.25, 0.3) is 0 Å². The zero-order valence-electron chi connectivity index (χ0n) is 7.63. The highest BCUT2D eigenvalue weighted by Crippen LogP contribution is 2.32. The number of aliphatic hydroxyl groups is 1. The molecule has 2 fully saturated rings. The normalized spacial score (nSPS) is 43.2. The molecule has 2 nitrogen and oxygen atoms in total. The van der Waals surface area contributed by atoms with Crippen molar-refractivity contribution in [2.75, 3.05) is 13.1 Å². The molecule has 1 atom stereocenters. The lowest BCUT2D eigenvalue weighted by molar-refractivity contribution is 0.0938. The molecule has 12 heavy (non-hydrogen) atoms. The molecule has 1 heterocycles. The minimum atomic E-state index is 0.00983. The lowest BCUT2D eigenvalue weighted by atomic mass is 9.79. The van der Waals surface area contributed by atoms with Crippen molar-refractivity contribution in [1.82, 2.24) is 5.32 Å². The van der Waals surface area contributed by atoms with Gasteiger partial charge < -0.3 is 10.4 Å². The van der Waals surface area contributed by atoms with E-state index in [1.807, 2.05) is 0 Å². The van der Waals surface area contributed by atoms with E-state index in [1.54, 1.807) is 0 Å². The van der Waals surface area contributed by atoms with Crippen molar-refractivity contribution in [3.63, 3.8) is 0 Å². The molecule has 0 spiro atoms. The van der Waals surface area contributed by atoms with Crippen LogP contribution in [0.5, 0.6) is 0 Å². The lowest BCUT2D eigenvalue weighted by Gasteiger charge is -2.29. The van der Waals surface area contributed by atoms with E-state index in [-0.39, 0.29) is 6.10 Å². The Kier molecular flexibility index (Phi) is 2.66. The van der Waals surface area contributed by atoms with E-state index >= 15 is 0 Å². The Morgan fingerprint density at radius 2 is 1.67 bits per heavy atom. The maximum Gasteiger partial charge on any atom is 0.0540 e. The van der Waals surface area contributed by atoms with Crippen LogP contribution in [0.15, 0.2) is 0 Å². The topological polar surface area (TPSA) is 32.3 Å². The van der Waals surface area contributed by atoms with Gasteiger partial charge in [-0.25, -0.2) is 0 Å². The van der Waals surface area contributed by atoms with Gasteiger partial charge in [0, 0.05) is 0 Å². The summed E-state index contributed by atoms with van der Waals surface area (Å²) in [6, 6.07) is 0. The molecule has 1 aliphatic carbocycles. The second-order valence-corrected chi connectivity index (χ2v) is 4.32. The second kappa shape index (κ2) is 3.75. The molecule has 0 radical (unpaired) electrons. The molecule has 1 unspecified atom stereocenters. The number of rotatable bonds is 1. The van der Waals surface area contributed by atoms with Crippen molar-refractivity contribution in [2.45, 2.75) is 38.2 Å². The molecule has 0 amide bonds. The van der Waals surface area contributed by atoms with E-state index in [9.17, 15) is 5.11 Å². The molecule has 1 saturated heterocycles. The number of hydrogen-bond acceptors (Lipinski definition) is 2. The van der Waals surface area contributed by atoms with Crippen LogP contribution in [0.3, 0.4) is 0 Å². The van der Waals surface area contributed by atoms with Gasteiger partial charge >= 0.3 is 0 Å². The number of aliphatic hydroxyl groups excluding tert-OH is 1. The van der Waals surface area contributed by atoms with Gasteiger partial charge in [-0.15, -0.1) is 0 Å². The van der Waals surface area contributed by atoms with E-state index in [4.69, 9.17) is 0 Å². The summed E-state index contributed by atoms with van der Waals surface area (Å²) in [4.78, 5) is 0. The fourth-order valence-electron chi connectivity index (χ4n) is 2.65. The molecular weight excluding hydrogens is 150 g/mol. The van der Waals surface area contributed by atoms with Crippen LogP contribution in [0.1, 0.15) is 32.1 Å². The first-order valence-corrected chi connectivity index (χ1v) is 5.25. The fourth-order valence-corrected chi connectivity index (χ4v) is 2.65. The molecule has 0 aromatic rings. The Bertz CT molecular complexity index is 135. The van der Waals surface area contributed by atoms with E-state index in [0.717, 1.165) is 24.7 Å². The second-order valence-electron chi connectivity index (χ2n) is 4.32. The first-order valence-electron chi connectivity index (χ1n) is 5.25. The summed E-state index contributed by atoms with van der Waals surface area (Å²) in [6.45, 7) is 2.44. The summed E-state index contributed by atoms with van der Waals surface area (Å²) in [5, 5.41) is 12.8. The van der Waals surface area contributed by atoms with Crippen molar-refractivity contribution in [1.29, 1.82) is 0 Å². The third kappa shape index (κ3) is 1.80. The van der Waals surface area contributed by atoms with Gasteiger partial charge in [0.2, 0.25) is 0 Å². The van der Waals surface area contributed by atoms with Gasteiger partial charge in [-0.2, -0.15) is 0 Å². The van der Waals surface area contributed by atoms with Gasteiger partial charge in [-0.3, -0.25) is 0 Å². The molecule has 0 bridgehead atoms. The van der Waals surface area contributed by atoms with E-state index < -0.39 is 0 Å². The Labute approximate surface area is 74.4 Å². The standard InChI is InChI=1S/C10H19NO/c12-10-3-1-8(2-4-10)9-5-6-11-7-9/h8-12H,1-7H2. The van der Waals surface area contributed by atoms with Crippen LogP contribution >= 0.6 is 0 Å². The molecule has 0 aromatic carbocycles. The summed E-state index contributed by atoms with van der Waals surface area (Å²) in [5.41, 5.74) is 0. The maximum atomic E-state index is 9.35. The van der Waals surface area contributed by atoms with E-state index in [2.05, 4.69) is 5.32 Å². The van der Waals surface area contributed by atoms with Gasteiger partial charge in [-0.05, 0) is 57.0 Å². The summed E-state index contributed by atoms with van der Waals surface area (Å²) in [7, 11) is 0. The summed E-state index contributed by atoms with van der Waals surface area (Å²) in [6.07, 6.45) is 5.97. The molecule has 2 rings (SSSR count). The van der Waals surface area contributed by atoms with Gasteiger partial charge in [0.05, 0.1) is 6.10 Å². The predicted octanol–water partition coefficient (Wildman–Crippen LogP) is 1.15. The molecule has 2 aliphatic rings. The summed E-state index contributed by atoms with van der Waals surface area (Å²) in [5.74, 6) is 1.82. The Balaban J connectivity index is 1.80. The van der Waals surface area contributed by atoms with Crippen LogP contribution in [0.4, 0.5) is 0 Å². The van der Waals surface area contributed by atoms with Crippen molar-refractivity contribution in [3.05, 3.63) is 0 Å². The quantitative estimate of drug-likeness (QED) is 0.617. The molecular formula is C10H19NO. The Morgan fingerprint density at radius 3 is 2.25 bits per heavy atom. The van der Waals surface area contributed by atoms with Crippen molar-refractivity contribution in [3.8, 4) is 0 Å². The molecule has 1 aliphatic heterocycles. The Morgan fingerprint density at radius 1 is 0.917 bits per heavy atom. The van der Waals surface area contributed by atoms with Crippen molar-refractivity contribution < 1.29 is 5.11 Å². The van der Waals surface area contributed by atoms with Crippen LogP contribution in [0.25, 0.3) is 0 Å². The molecule has 70 valence electrons. The third-order valence-corrected chi connectivity index (χ3v) is 3.51. The first-order chi connectivity index (χ1) is 5.86. The molecule has 1 saturated carbocycles. The highest BCUT2D eigenvalue weighted by atomic mass is 16.3. The molecule has 2 heteroatoms. The number of hydrogen-bond donors (Lipinski definition) is 2. The van der Waals surface area contributed by atoms with Crippen LogP contribution in [0, 0.1) is 11.8 Å². The van der Waals surface area contributed by atoms with Gasteiger partial charge in [0.1, 0.15) is 0 Å². The minimum Gasteiger partial charge on any atom is -0.393 e. The third-order valence-electron chi connectivity index (χ3n) is 3.51. The predicted molar refractivity (Wildman–Crippen MR) is 48.9 cm³/mol.